The molecule has 104 valence electrons. The second-order valence-corrected chi connectivity index (χ2v) is 4.01. The van der Waals surface area contributed by atoms with Crippen molar-refractivity contribution in [1.82, 2.24) is 9.88 Å². The van der Waals surface area contributed by atoms with Gasteiger partial charge in [0.1, 0.15) is 5.56 Å². The van der Waals surface area contributed by atoms with E-state index < -0.39 is 0 Å². The van der Waals surface area contributed by atoms with Gasteiger partial charge < -0.3 is 9.88 Å². The normalized spacial score (nSPS) is 11.3. The number of amides is 1. The van der Waals surface area contributed by atoms with Crippen molar-refractivity contribution in [1.29, 1.82) is 0 Å². The minimum Gasteiger partial charge on any atom is -0.355 e. The van der Waals surface area contributed by atoms with Crippen molar-refractivity contribution in [3.05, 3.63) is 83.4 Å². The van der Waals surface area contributed by atoms with Crippen molar-refractivity contribution in [3.63, 3.8) is 0 Å². The molecule has 1 aromatic rings. The minimum absolute atomic E-state index is 0.126. The van der Waals surface area contributed by atoms with Gasteiger partial charge in [-0.05, 0) is 17.7 Å². The van der Waals surface area contributed by atoms with Crippen molar-refractivity contribution < 1.29 is 4.79 Å². The van der Waals surface area contributed by atoms with Crippen LogP contribution in [-0.4, -0.2) is 17.5 Å². The van der Waals surface area contributed by atoms with Crippen LogP contribution in [0.15, 0.2) is 72.2 Å². The molecule has 0 fully saturated rings. The molecular formula is C16H18N2O2. The molecule has 4 heteroatoms. The minimum atomic E-state index is -0.389. The van der Waals surface area contributed by atoms with Crippen LogP contribution in [0.1, 0.15) is 10.4 Å². The molecule has 0 saturated carbocycles. The van der Waals surface area contributed by atoms with Gasteiger partial charge in [-0.25, -0.2) is 0 Å². The summed E-state index contributed by atoms with van der Waals surface area (Å²) in [7, 11) is 1.50. The van der Waals surface area contributed by atoms with E-state index in [1.165, 1.54) is 17.7 Å². The fraction of sp³-hybridized carbons (Fsp3) is 0.125. The van der Waals surface area contributed by atoms with Crippen LogP contribution < -0.4 is 10.9 Å². The summed E-state index contributed by atoms with van der Waals surface area (Å²) in [5, 5.41) is 2.45. The van der Waals surface area contributed by atoms with Gasteiger partial charge in [0.2, 0.25) is 0 Å². The molecule has 4 nitrogen and oxygen atoms in total. The number of allylic oxidation sites excluding steroid dienone is 6. The molecule has 0 aliphatic carbocycles. The van der Waals surface area contributed by atoms with Crippen LogP contribution in [-0.2, 0) is 6.54 Å². The molecule has 0 atom stereocenters. The van der Waals surface area contributed by atoms with Gasteiger partial charge in [-0.1, -0.05) is 43.5 Å². The van der Waals surface area contributed by atoms with E-state index >= 15 is 0 Å². The average molecular weight is 270 g/mol. The van der Waals surface area contributed by atoms with Gasteiger partial charge in [0.25, 0.3) is 11.5 Å². The first-order chi connectivity index (χ1) is 9.63. The van der Waals surface area contributed by atoms with Crippen LogP contribution in [0.2, 0.25) is 0 Å². The molecule has 1 amide bonds. The van der Waals surface area contributed by atoms with E-state index in [1.54, 1.807) is 36.6 Å². The summed E-state index contributed by atoms with van der Waals surface area (Å²) in [6.45, 7) is 7.61. The molecule has 20 heavy (non-hydrogen) atoms. The van der Waals surface area contributed by atoms with Crippen molar-refractivity contribution in [3.8, 4) is 0 Å². The first-order valence-corrected chi connectivity index (χ1v) is 6.16. The maximum atomic E-state index is 12.2. The molecule has 0 saturated heterocycles. The number of hydrogen-bond acceptors (Lipinski definition) is 2. The molecule has 1 rings (SSSR count). The highest BCUT2D eigenvalue weighted by Crippen LogP contribution is 2.02. The summed E-state index contributed by atoms with van der Waals surface area (Å²) in [4.78, 5) is 23.8. The second-order valence-electron chi connectivity index (χ2n) is 4.01. The lowest BCUT2D eigenvalue weighted by molar-refractivity contribution is 0.0961. The zero-order valence-electron chi connectivity index (χ0n) is 11.5. The molecule has 0 radical (unpaired) electrons. The Kier molecular flexibility index (Phi) is 5.97. The Morgan fingerprint density at radius 2 is 2.15 bits per heavy atom. The Morgan fingerprint density at radius 3 is 2.75 bits per heavy atom. The van der Waals surface area contributed by atoms with E-state index in [2.05, 4.69) is 18.5 Å². The molecule has 0 aliphatic rings. The van der Waals surface area contributed by atoms with E-state index in [0.717, 1.165) is 5.57 Å². The Balaban J connectivity index is 3.14. The van der Waals surface area contributed by atoms with Gasteiger partial charge in [-0.2, -0.15) is 0 Å². The lowest BCUT2D eigenvalue weighted by Crippen LogP contribution is -2.31. The molecule has 0 aliphatic heterocycles. The van der Waals surface area contributed by atoms with E-state index in [1.807, 2.05) is 6.08 Å². The van der Waals surface area contributed by atoms with Crippen LogP contribution in [0.3, 0.4) is 0 Å². The summed E-state index contributed by atoms with van der Waals surface area (Å²) in [5.74, 6) is -0.389. The first-order valence-electron chi connectivity index (χ1n) is 6.16. The van der Waals surface area contributed by atoms with Crippen LogP contribution >= 0.6 is 0 Å². The van der Waals surface area contributed by atoms with Crippen LogP contribution in [0.25, 0.3) is 0 Å². The topological polar surface area (TPSA) is 51.1 Å². The molecular weight excluding hydrogens is 252 g/mol. The van der Waals surface area contributed by atoms with Gasteiger partial charge in [-0.15, -0.1) is 0 Å². The maximum absolute atomic E-state index is 12.2. The lowest BCUT2D eigenvalue weighted by Gasteiger charge is -2.08. The zero-order chi connectivity index (χ0) is 15.0. The molecule has 0 spiro atoms. The number of carbonyl (C=O) groups excluding carboxylic acids is 1. The SMILES string of the molecule is C=C/C=C\C(=C/C=C)Cn1cccc(C(=O)NC)c1=O. The number of carbonyl (C=O) groups is 1. The molecule has 0 bridgehead atoms. The highest BCUT2D eigenvalue weighted by Gasteiger charge is 2.10. The monoisotopic (exact) mass is 270 g/mol. The van der Waals surface area contributed by atoms with Crippen LogP contribution in [0, 0.1) is 0 Å². The van der Waals surface area contributed by atoms with Gasteiger partial charge in [0.15, 0.2) is 0 Å². The number of pyridine rings is 1. The Labute approximate surface area is 118 Å². The van der Waals surface area contributed by atoms with Crippen LogP contribution in [0.4, 0.5) is 0 Å². The molecule has 0 aromatic carbocycles. The summed E-state index contributed by atoms with van der Waals surface area (Å²) in [6.07, 6.45) is 10.4. The maximum Gasteiger partial charge on any atom is 0.263 e. The number of aromatic nitrogens is 1. The number of nitrogens with zero attached hydrogens (tertiary/aromatic N) is 1. The number of hydrogen-bond donors (Lipinski definition) is 1. The fourth-order valence-corrected chi connectivity index (χ4v) is 1.67. The van der Waals surface area contributed by atoms with E-state index in [-0.39, 0.29) is 17.0 Å². The largest absolute Gasteiger partial charge is 0.355 e. The van der Waals surface area contributed by atoms with Crippen molar-refractivity contribution in [2.75, 3.05) is 7.05 Å². The predicted molar refractivity (Wildman–Crippen MR) is 81.7 cm³/mol. The van der Waals surface area contributed by atoms with Gasteiger partial charge >= 0.3 is 0 Å². The smallest absolute Gasteiger partial charge is 0.263 e. The second kappa shape index (κ2) is 7.74. The zero-order valence-corrected chi connectivity index (χ0v) is 11.5. The standard InChI is InChI=1S/C16H18N2O2/c1-4-6-9-13(8-5-2)12-18-11-7-10-14(16(18)20)15(19)17-3/h4-11H,1-2,12H2,3H3,(H,17,19)/b9-6-,13-8+. The lowest BCUT2D eigenvalue weighted by atomic mass is 10.2. The van der Waals surface area contributed by atoms with Crippen LogP contribution in [0.5, 0.6) is 0 Å². The van der Waals surface area contributed by atoms with E-state index in [0.29, 0.717) is 6.54 Å². The van der Waals surface area contributed by atoms with Gasteiger partial charge in [0.05, 0.1) is 6.54 Å². The fourth-order valence-electron chi connectivity index (χ4n) is 1.67. The highest BCUT2D eigenvalue weighted by molar-refractivity contribution is 5.93. The molecule has 1 aromatic heterocycles. The molecule has 0 unspecified atom stereocenters. The van der Waals surface area contributed by atoms with E-state index in [4.69, 9.17) is 0 Å². The molecule has 1 N–H and O–H groups in total. The highest BCUT2D eigenvalue weighted by atomic mass is 16.2. The third-order valence-electron chi connectivity index (χ3n) is 2.62. The van der Waals surface area contributed by atoms with Crippen molar-refractivity contribution in [2.24, 2.45) is 0 Å². The van der Waals surface area contributed by atoms with Crippen molar-refractivity contribution >= 4 is 5.91 Å². The summed E-state index contributed by atoms with van der Waals surface area (Å²) < 4.78 is 1.48. The van der Waals surface area contributed by atoms with E-state index in [9.17, 15) is 9.59 Å². The van der Waals surface area contributed by atoms with Gasteiger partial charge in [0, 0.05) is 13.2 Å². The van der Waals surface area contributed by atoms with Crippen molar-refractivity contribution in [2.45, 2.75) is 6.54 Å². The third kappa shape index (κ3) is 3.95. The van der Waals surface area contributed by atoms with Gasteiger partial charge in [-0.3, -0.25) is 9.59 Å². The third-order valence-corrected chi connectivity index (χ3v) is 2.62. The quantitative estimate of drug-likeness (QED) is 0.804. The first kappa shape index (κ1) is 15.4. The Bertz CT molecular complexity index is 622. The predicted octanol–water partition coefficient (Wildman–Crippen LogP) is 2.06. The Hall–Kier alpha value is -2.62. The number of nitrogens with one attached hydrogen (secondary N) is 1. The summed E-state index contributed by atoms with van der Waals surface area (Å²) in [6, 6.07) is 3.18. The molecule has 1 heterocycles. The summed E-state index contributed by atoms with van der Waals surface area (Å²) in [5.41, 5.74) is 0.686. The Morgan fingerprint density at radius 1 is 1.40 bits per heavy atom. The summed E-state index contributed by atoms with van der Waals surface area (Å²) >= 11 is 0. The average Bonchev–Trinajstić information content (AvgIpc) is 2.46. The number of rotatable bonds is 6.